The third-order valence-corrected chi connectivity index (χ3v) is 8.17. The average Bonchev–Trinajstić information content (AvgIpc) is 3.13. The molecule has 0 bridgehead atoms. The van der Waals surface area contributed by atoms with Gasteiger partial charge in [0, 0.05) is 0 Å². The van der Waals surface area contributed by atoms with Crippen LogP contribution in [0.4, 0.5) is 0 Å². The zero-order valence-corrected chi connectivity index (χ0v) is 25.4. The predicted molar refractivity (Wildman–Crippen MR) is 181 cm³/mol. The van der Waals surface area contributed by atoms with Gasteiger partial charge in [-0.25, -0.2) is 0 Å². The molecule has 0 saturated heterocycles. The van der Waals surface area contributed by atoms with Gasteiger partial charge in [0.25, 0.3) is 0 Å². The van der Waals surface area contributed by atoms with Gasteiger partial charge in [0.15, 0.2) is 0 Å². The van der Waals surface area contributed by atoms with Gasteiger partial charge in [-0.1, -0.05) is 182 Å². The average molecular weight is 591 g/mol. The molecule has 0 fully saturated rings. The van der Waals surface area contributed by atoms with Crippen LogP contribution in [-0.2, 0) is 25.4 Å². The molecule has 6 rings (SSSR count). The highest BCUT2D eigenvalue weighted by molar-refractivity contribution is 5.48. The van der Waals surface area contributed by atoms with Gasteiger partial charge >= 0.3 is 0 Å². The van der Waals surface area contributed by atoms with Crippen LogP contribution in [0.1, 0.15) is 33.4 Å². The monoisotopic (exact) mass is 590 g/mol. The molecule has 0 aromatic heterocycles. The van der Waals surface area contributed by atoms with Crippen molar-refractivity contribution in [2.24, 2.45) is 0 Å². The highest BCUT2D eigenvalue weighted by atomic mass is 16.6. The molecule has 6 aromatic rings. The van der Waals surface area contributed by atoms with E-state index in [1.165, 1.54) is 0 Å². The van der Waals surface area contributed by atoms with Crippen molar-refractivity contribution >= 4 is 0 Å². The number of benzene rings is 6. The lowest BCUT2D eigenvalue weighted by atomic mass is 9.80. The van der Waals surface area contributed by atoms with E-state index >= 15 is 0 Å². The van der Waals surface area contributed by atoms with E-state index in [4.69, 9.17) is 14.2 Å². The fourth-order valence-electron chi connectivity index (χ4n) is 6.15. The van der Waals surface area contributed by atoms with E-state index in [1.807, 2.05) is 36.4 Å². The summed E-state index contributed by atoms with van der Waals surface area (Å²) in [5.41, 5.74) is 4.90. The standard InChI is InChI=1S/C42H38O3/c1-7-19-35(20-8-1)41(36-21-9-2-10-22-36,37-23-11-3-12-24-37)44-33-31-43-32-34-45-42(38-25-13-4-14-26-38,39-27-15-5-16-28-39)40-29-17-6-18-30-40/h1-30H,31-34H2. The van der Waals surface area contributed by atoms with Crippen LogP contribution < -0.4 is 0 Å². The molecular formula is C42H38O3. The summed E-state index contributed by atoms with van der Waals surface area (Å²) >= 11 is 0. The number of hydrogen-bond donors (Lipinski definition) is 0. The van der Waals surface area contributed by atoms with Crippen molar-refractivity contribution in [3.63, 3.8) is 0 Å². The molecule has 0 N–H and O–H groups in total. The number of hydrogen-bond acceptors (Lipinski definition) is 3. The highest BCUT2D eigenvalue weighted by Gasteiger charge is 2.38. The van der Waals surface area contributed by atoms with Crippen molar-refractivity contribution < 1.29 is 14.2 Å². The van der Waals surface area contributed by atoms with Gasteiger partial charge in [-0.3, -0.25) is 0 Å². The maximum atomic E-state index is 6.88. The van der Waals surface area contributed by atoms with E-state index in [1.54, 1.807) is 0 Å². The number of rotatable bonds is 14. The molecule has 0 aliphatic carbocycles. The number of ether oxygens (including phenoxy) is 3. The Morgan fingerprint density at radius 2 is 0.467 bits per heavy atom. The molecule has 3 nitrogen and oxygen atoms in total. The normalized spacial score (nSPS) is 11.7. The Balaban J connectivity index is 1.19. The minimum atomic E-state index is -0.771. The van der Waals surface area contributed by atoms with Crippen LogP contribution in [0.2, 0.25) is 0 Å². The van der Waals surface area contributed by atoms with Gasteiger partial charge < -0.3 is 14.2 Å². The first-order chi connectivity index (χ1) is 22.3. The fourth-order valence-corrected chi connectivity index (χ4v) is 6.15. The molecule has 0 radical (unpaired) electrons. The lowest BCUT2D eigenvalue weighted by Crippen LogP contribution is -2.35. The van der Waals surface area contributed by atoms with Crippen molar-refractivity contribution in [3.05, 3.63) is 215 Å². The van der Waals surface area contributed by atoms with Gasteiger partial charge in [-0.2, -0.15) is 0 Å². The summed E-state index contributed by atoms with van der Waals surface area (Å²) in [6.45, 7) is 1.65. The molecule has 0 aliphatic rings. The first-order valence-electron chi connectivity index (χ1n) is 15.5. The second kappa shape index (κ2) is 14.8. The van der Waals surface area contributed by atoms with Crippen molar-refractivity contribution in [2.45, 2.75) is 11.2 Å². The van der Waals surface area contributed by atoms with Crippen molar-refractivity contribution in [1.29, 1.82) is 0 Å². The molecule has 0 saturated carbocycles. The summed E-state index contributed by atoms with van der Waals surface area (Å²) in [6.07, 6.45) is 0. The van der Waals surface area contributed by atoms with Crippen LogP contribution in [0.15, 0.2) is 182 Å². The molecule has 0 amide bonds. The van der Waals surface area contributed by atoms with Gasteiger partial charge in [0.05, 0.1) is 26.4 Å². The van der Waals surface area contributed by atoms with E-state index in [-0.39, 0.29) is 0 Å². The van der Waals surface area contributed by atoms with Crippen LogP contribution in [0, 0.1) is 0 Å². The summed E-state index contributed by atoms with van der Waals surface area (Å²) in [6, 6.07) is 62.5. The quantitative estimate of drug-likeness (QED) is 0.0936. The van der Waals surface area contributed by atoms with Crippen molar-refractivity contribution in [2.75, 3.05) is 26.4 Å². The third kappa shape index (κ3) is 6.52. The molecule has 224 valence electrons. The van der Waals surface area contributed by atoms with Gasteiger partial charge in [-0.15, -0.1) is 0 Å². The lowest BCUT2D eigenvalue weighted by molar-refractivity contribution is -0.0517. The Bertz CT molecular complexity index is 1370. The first-order valence-corrected chi connectivity index (χ1v) is 15.5. The molecule has 0 heterocycles. The zero-order valence-electron chi connectivity index (χ0n) is 25.4. The minimum Gasteiger partial charge on any atom is -0.377 e. The highest BCUT2D eigenvalue weighted by Crippen LogP contribution is 2.41. The summed E-state index contributed by atoms with van der Waals surface area (Å²) in [4.78, 5) is 0. The van der Waals surface area contributed by atoms with Gasteiger partial charge in [-0.05, 0) is 33.4 Å². The van der Waals surface area contributed by atoms with Crippen LogP contribution in [0.3, 0.4) is 0 Å². The van der Waals surface area contributed by atoms with Crippen molar-refractivity contribution in [1.82, 2.24) is 0 Å². The molecule has 45 heavy (non-hydrogen) atoms. The Labute approximate surface area is 266 Å². The molecule has 0 aliphatic heterocycles. The Kier molecular flexibility index (Phi) is 9.93. The predicted octanol–water partition coefficient (Wildman–Crippen LogP) is 9.02. The van der Waals surface area contributed by atoms with Gasteiger partial charge in [0.2, 0.25) is 0 Å². The topological polar surface area (TPSA) is 27.7 Å². The molecule has 0 atom stereocenters. The van der Waals surface area contributed by atoms with Crippen LogP contribution >= 0.6 is 0 Å². The van der Waals surface area contributed by atoms with E-state index < -0.39 is 11.2 Å². The van der Waals surface area contributed by atoms with Crippen LogP contribution in [0.25, 0.3) is 0 Å². The zero-order chi connectivity index (χ0) is 30.6. The van der Waals surface area contributed by atoms with E-state index in [9.17, 15) is 0 Å². The van der Waals surface area contributed by atoms with Gasteiger partial charge in [0.1, 0.15) is 11.2 Å². The van der Waals surface area contributed by atoms with Crippen LogP contribution in [0.5, 0.6) is 0 Å². The molecular weight excluding hydrogens is 552 g/mol. The largest absolute Gasteiger partial charge is 0.377 e. The first kappa shape index (κ1) is 30.2. The fraction of sp³-hybridized carbons (Fsp3) is 0.143. The molecule has 0 unspecified atom stereocenters. The molecule has 3 heteroatoms. The third-order valence-electron chi connectivity index (χ3n) is 8.17. The Morgan fingerprint density at radius 3 is 0.667 bits per heavy atom. The Hall–Kier alpha value is -4.80. The summed E-state index contributed by atoms with van der Waals surface area (Å²) in [5.74, 6) is 0. The maximum absolute atomic E-state index is 6.88. The van der Waals surface area contributed by atoms with E-state index in [0.29, 0.717) is 26.4 Å². The maximum Gasteiger partial charge on any atom is 0.143 e. The summed E-state index contributed by atoms with van der Waals surface area (Å²) in [5, 5.41) is 0. The summed E-state index contributed by atoms with van der Waals surface area (Å²) < 4.78 is 19.9. The SMILES string of the molecule is c1ccc(C(OCCOCCOC(c2ccccc2)(c2ccccc2)c2ccccc2)(c2ccccc2)c2ccccc2)cc1. The van der Waals surface area contributed by atoms with E-state index in [2.05, 4.69) is 146 Å². The Morgan fingerprint density at radius 1 is 0.267 bits per heavy atom. The molecule has 6 aromatic carbocycles. The lowest BCUT2D eigenvalue weighted by Gasteiger charge is -2.36. The smallest absolute Gasteiger partial charge is 0.143 e. The summed E-state index contributed by atoms with van der Waals surface area (Å²) in [7, 11) is 0. The molecule has 0 spiro atoms. The van der Waals surface area contributed by atoms with Crippen LogP contribution in [-0.4, -0.2) is 26.4 Å². The van der Waals surface area contributed by atoms with Crippen molar-refractivity contribution in [3.8, 4) is 0 Å². The second-order valence-corrected chi connectivity index (χ2v) is 10.9. The minimum absolute atomic E-state index is 0.403. The van der Waals surface area contributed by atoms with E-state index in [0.717, 1.165) is 33.4 Å². The second-order valence-electron chi connectivity index (χ2n) is 10.9.